The first-order valence-corrected chi connectivity index (χ1v) is 5.65. The molecular weight excluding hydrogens is 256 g/mol. The average Bonchev–Trinajstić information content (AvgIpc) is 2.25. The molecule has 17 heavy (non-hydrogen) atoms. The molecule has 0 fully saturated rings. The number of aromatic nitrogens is 1. The zero-order chi connectivity index (χ0) is 13.2. The number of primary sulfonamides is 1. The minimum absolute atomic E-state index is 0.510. The molecule has 2 N–H and O–H groups in total. The maximum Gasteiger partial charge on any atom is 0.270 e. The fourth-order valence-corrected chi connectivity index (χ4v) is 1.83. The van der Waals surface area contributed by atoms with Crippen LogP contribution in [0.5, 0.6) is 5.88 Å². The van der Waals surface area contributed by atoms with Gasteiger partial charge in [-0.2, -0.15) is 5.26 Å². The van der Waals surface area contributed by atoms with Gasteiger partial charge in [0, 0.05) is 0 Å². The van der Waals surface area contributed by atoms with E-state index in [0.717, 1.165) is 7.11 Å². The molecule has 0 aliphatic heterocycles. The van der Waals surface area contributed by atoms with Gasteiger partial charge in [0.15, 0.2) is 0 Å². The Morgan fingerprint density at radius 2 is 2.18 bits per heavy atom. The Labute approximate surface area is 95.7 Å². The van der Waals surface area contributed by atoms with Crippen molar-refractivity contribution in [1.29, 1.82) is 5.26 Å². The van der Waals surface area contributed by atoms with Crippen molar-refractivity contribution in [1.82, 2.24) is 4.98 Å². The van der Waals surface area contributed by atoms with E-state index in [1.165, 1.54) is 6.07 Å². The van der Waals surface area contributed by atoms with Crippen molar-refractivity contribution in [3.8, 4) is 11.9 Å². The smallest absolute Gasteiger partial charge is 0.270 e. The van der Waals surface area contributed by atoms with Crippen LogP contribution in [0, 0.1) is 11.3 Å². The Bertz CT molecular complexity index is 580. The number of sulfonamides is 1. The number of nitrogens with zero attached hydrogens (tertiary/aromatic N) is 2. The van der Waals surface area contributed by atoms with E-state index in [4.69, 9.17) is 10.4 Å². The highest BCUT2D eigenvalue weighted by molar-refractivity contribution is 7.89. The van der Waals surface area contributed by atoms with Gasteiger partial charge in [-0.25, -0.2) is 27.3 Å². The molecule has 9 heteroatoms. The lowest BCUT2D eigenvalue weighted by molar-refractivity contribution is 0.145. The van der Waals surface area contributed by atoms with Gasteiger partial charge in [0.1, 0.15) is 11.0 Å². The molecule has 0 radical (unpaired) electrons. The van der Waals surface area contributed by atoms with Gasteiger partial charge in [-0.15, -0.1) is 0 Å². The molecule has 1 aromatic heterocycles. The highest BCUT2D eigenvalue weighted by atomic mass is 32.2. The van der Waals surface area contributed by atoms with Crippen molar-refractivity contribution in [3.05, 3.63) is 17.3 Å². The lowest BCUT2D eigenvalue weighted by atomic mass is 10.1. The van der Waals surface area contributed by atoms with E-state index in [2.05, 4.69) is 9.72 Å². The molecule has 0 unspecified atom stereocenters. The Morgan fingerprint density at radius 1 is 1.59 bits per heavy atom. The number of hydrogen-bond acceptors (Lipinski definition) is 5. The zero-order valence-electron chi connectivity index (χ0n) is 8.52. The normalized spacial score (nSPS) is 11.3. The first-order valence-electron chi connectivity index (χ1n) is 4.10. The highest BCUT2D eigenvalue weighted by Gasteiger charge is 2.27. The molecule has 0 aromatic carbocycles. The summed E-state index contributed by atoms with van der Waals surface area (Å²) in [6.45, 7) is 0. The molecule has 0 atom stereocenters. The largest absolute Gasteiger partial charge is 0.481 e. The summed E-state index contributed by atoms with van der Waals surface area (Å²) in [6, 6.07) is 1.37. The second-order valence-corrected chi connectivity index (χ2v) is 4.41. The summed E-state index contributed by atoms with van der Waals surface area (Å²) in [4.78, 5) is 2.63. The van der Waals surface area contributed by atoms with Crippen LogP contribution in [0.3, 0.4) is 0 Å². The molecule has 1 aromatic rings. The fraction of sp³-hybridized carbons (Fsp3) is 0.250. The third kappa shape index (κ3) is 2.48. The van der Waals surface area contributed by atoms with Gasteiger partial charge in [-0.3, -0.25) is 0 Å². The van der Waals surface area contributed by atoms with Crippen LogP contribution in [0.4, 0.5) is 8.78 Å². The van der Waals surface area contributed by atoms with Crippen LogP contribution < -0.4 is 9.88 Å². The molecule has 0 aliphatic carbocycles. The standard InChI is InChI=1S/C8H7F2N3O3S/c1-16-8-6(7(9)10)4(2-11)5(3-13-8)17(12,14)15/h3,7H,1H3,(H2,12,14,15). The van der Waals surface area contributed by atoms with Gasteiger partial charge in [0.25, 0.3) is 6.43 Å². The highest BCUT2D eigenvalue weighted by Crippen LogP contribution is 2.33. The predicted octanol–water partition coefficient (Wildman–Crippen LogP) is 0.547. The number of nitrogens with two attached hydrogens (primary N) is 1. The molecule has 0 amide bonds. The molecule has 1 rings (SSSR count). The Hall–Kier alpha value is -1.79. The molecule has 0 saturated carbocycles. The van der Waals surface area contributed by atoms with Crippen LogP contribution in [0.1, 0.15) is 17.6 Å². The SMILES string of the molecule is COc1ncc(S(N)(=O)=O)c(C#N)c1C(F)F. The van der Waals surface area contributed by atoms with Crippen molar-refractivity contribution in [2.75, 3.05) is 7.11 Å². The average molecular weight is 263 g/mol. The van der Waals surface area contributed by atoms with Crippen LogP contribution in [0.25, 0.3) is 0 Å². The monoisotopic (exact) mass is 263 g/mol. The topological polar surface area (TPSA) is 106 Å². The Balaban J connectivity index is 3.72. The summed E-state index contributed by atoms with van der Waals surface area (Å²) < 4.78 is 52.2. The second-order valence-electron chi connectivity index (χ2n) is 2.88. The third-order valence-corrected chi connectivity index (χ3v) is 2.80. The number of hydrogen-bond donors (Lipinski definition) is 1. The van der Waals surface area contributed by atoms with Crippen LogP contribution in [0.2, 0.25) is 0 Å². The second kappa shape index (κ2) is 4.60. The van der Waals surface area contributed by atoms with Crippen LogP contribution in [-0.2, 0) is 10.0 Å². The number of pyridine rings is 1. The summed E-state index contributed by atoms with van der Waals surface area (Å²) in [6.07, 6.45) is -2.40. The minimum Gasteiger partial charge on any atom is -0.481 e. The van der Waals surface area contributed by atoms with Crippen molar-refractivity contribution in [2.45, 2.75) is 11.3 Å². The third-order valence-electron chi connectivity index (χ3n) is 1.88. The maximum absolute atomic E-state index is 12.7. The quantitative estimate of drug-likeness (QED) is 0.856. The summed E-state index contributed by atoms with van der Waals surface area (Å²) >= 11 is 0. The van der Waals surface area contributed by atoms with Crippen molar-refractivity contribution < 1.29 is 21.9 Å². The Morgan fingerprint density at radius 3 is 2.53 bits per heavy atom. The van der Waals surface area contributed by atoms with E-state index in [1.807, 2.05) is 0 Å². The number of halogens is 2. The maximum atomic E-state index is 12.7. The number of alkyl halides is 2. The van der Waals surface area contributed by atoms with E-state index in [0.29, 0.717) is 6.20 Å². The Kier molecular flexibility index (Phi) is 3.59. The van der Waals surface area contributed by atoms with Crippen molar-refractivity contribution >= 4 is 10.0 Å². The van der Waals surface area contributed by atoms with Crippen molar-refractivity contribution in [2.24, 2.45) is 5.14 Å². The van der Waals surface area contributed by atoms with Gasteiger partial charge in [-0.05, 0) is 0 Å². The van der Waals surface area contributed by atoms with Gasteiger partial charge < -0.3 is 4.74 Å². The number of methoxy groups -OCH3 is 1. The van der Waals surface area contributed by atoms with E-state index >= 15 is 0 Å². The fourth-order valence-electron chi connectivity index (χ4n) is 1.19. The number of rotatable bonds is 3. The summed E-state index contributed by atoms with van der Waals surface area (Å²) in [5, 5.41) is 13.5. The van der Waals surface area contributed by atoms with Crippen molar-refractivity contribution in [3.63, 3.8) is 0 Å². The summed E-state index contributed by atoms with van der Waals surface area (Å²) in [7, 11) is -3.23. The molecule has 1 heterocycles. The molecular formula is C8H7F2N3O3S. The molecule has 0 aliphatic rings. The van der Waals surface area contributed by atoms with Gasteiger partial charge >= 0.3 is 0 Å². The number of ether oxygens (including phenoxy) is 1. The summed E-state index contributed by atoms with van der Waals surface area (Å²) in [5.74, 6) is -0.510. The van der Waals surface area contributed by atoms with E-state index in [9.17, 15) is 17.2 Å². The first-order chi connectivity index (χ1) is 7.82. The lowest BCUT2D eigenvalue weighted by Crippen LogP contribution is -2.16. The van der Waals surface area contributed by atoms with Gasteiger partial charge in [0.2, 0.25) is 15.9 Å². The van der Waals surface area contributed by atoms with E-state index < -0.39 is 38.4 Å². The zero-order valence-corrected chi connectivity index (χ0v) is 9.33. The number of nitriles is 1. The molecule has 0 saturated heterocycles. The lowest BCUT2D eigenvalue weighted by Gasteiger charge is -2.10. The van der Waals surface area contributed by atoms with Crippen LogP contribution >= 0.6 is 0 Å². The summed E-state index contributed by atoms with van der Waals surface area (Å²) in [5.41, 5.74) is -1.64. The molecule has 6 nitrogen and oxygen atoms in total. The van der Waals surface area contributed by atoms with E-state index in [1.54, 1.807) is 0 Å². The van der Waals surface area contributed by atoms with Gasteiger partial charge in [-0.1, -0.05) is 0 Å². The first kappa shape index (κ1) is 13.3. The minimum atomic E-state index is -4.30. The van der Waals surface area contributed by atoms with Crippen LogP contribution in [0.15, 0.2) is 11.1 Å². The van der Waals surface area contributed by atoms with Gasteiger partial charge in [0.05, 0.1) is 24.4 Å². The molecule has 92 valence electrons. The molecule has 0 spiro atoms. The van der Waals surface area contributed by atoms with Crippen LogP contribution in [-0.4, -0.2) is 20.5 Å². The predicted molar refractivity (Wildman–Crippen MR) is 51.8 cm³/mol. The van der Waals surface area contributed by atoms with E-state index in [-0.39, 0.29) is 0 Å². The molecule has 0 bridgehead atoms.